The van der Waals surface area contributed by atoms with Crippen molar-refractivity contribution in [1.82, 2.24) is 0 Å². The molecule has 2 heterocycles. The molecular formula is C20H20N2O2. The molecule has 0 aliphatic carbocycles. The monoisotopic (exact) mass is 328 g/mol. The summed E-state index contributed by atoms with van der Waals surface area (Å²) in [5, 5.41) is 0. The van der Waals surface area contributed by atoms with Gasteiger partial charge < -0.3 is 9.80 Å². The van der Waals surface area contributed by atoms with Gasteiger partial charge >= 0.3 is 0 Å². The molecule has 0 aromatic heterocycles. The molecule has 4 rings (SSSR count). The third-order valence-corrected chi connectivity index (χ3v) is 4.16. The van der Waals surface area contributed by atoms with Crippen LogP contribution in [0.3, 0.4) is 0 Å². The molecule has 2 saturated heterocycles. The first-order chi connectivity index (χ1) is 15.1. The maximum Gasteiger partial charge on any atom is 0.227 e. The first-order valence-electron chi connectivity index (χ1n) is 11.9. The van der Waals surface area contributed by atoms with Gasteiger partial charge in [0.2, 0.25) is 11.8 Å². The molecule has 0 saturated carbocycles. The van der Waals surface area contributed by atoms with Gasteiger partial charge in [-0.25, -0.2) is 0 Å². The molecule has 2 aliphatic heterocycles. The molecule has 4 nitrogen and oxygen atoms in total. The van der Waals surface area contributed by atoms with Crippen LogP contribution < -0.4 is 9.80 Å². The highest BCUT2D eigenvalue weighted by Crippen LogP contribution is 2.34. The Morgan fingerprint density at radius 3 is 1.75 bits per heavy atom. The lowest BCUT2D eigenvalue weighted by Gasteiger charge is -2.22. The van der Waals surface area contributed by atoms with Crippen LogP contribution in [0, 0.1) is 0 Å². The van der Waals surface area contributed by atoms with Crippen molar-refractivity contribution in [2.45, 2.75) is 25.7 Å². The first kappa shape index (κ1) is 8.47. The van der Waals surface area contributed by atoms with E-state index in [4.69, 9.17) is 11.0 Å². The number of carbonyl (C=O) groups is 2. The molecule has 0 radical (unpaired) electrons. The van der Waals surface area contributed by atoms with Gasteiger partial charge in [0.25, 0.3) is 0 Å². The number of carbonyl (C=O) groups excluding carboxylic acids is 2. The van der Waals surface area contributed by atoms with Crippen LogP contribution in [-0.4, -0.2) is 24.9 Å². The molecule has 0 N–H and O–H groups in total. The van der Waals surface area contributed by atoms with E-state index in [9.17, 15) is 9.59 Å². The molecule has 4 heteroatoms. The summed E-state index contributed by atoms with van der Waals surface area (Å²) in [5.74, 6) is -0.620. The average molecular weight is 328 g/mol. The first-order valence-corrected chi connectivity index (χ1v) is 7.89. The van der Waals surface area contributed by atoms with Gasteiger partial charge in [-0.1, -0.05) is 30.2 Å². The predicted octanol–water partition coefficient (Wildman–Crippen LogP) is 3.61. The normalized spacial score (nSPS) is 22.5. The minimum Gasteiger partial charge on any atom is -0.312 e. The van der Waals surface area contributed by atoms with E-state index >= 15 is 0 Å². The van der Waals surface area contributed by atoms with Gasteiger partial charge in [0.15, 0.2) is 0 Å². The van der Waals surface area contributed by atoms with Crippen molar-refractivity contribution in [3.05, 3.63) is 48.3 Å². The number of amides is 2. The summed E-state index contributed by atoms with van der Waals surface area (Å²) in [6, 6.07) is -4.22. The van der Waals surface area contributed by atoms with Crippen molar-refractivity contribution in [3.63, 3.8) is 0 Å². The van der Waals surface area contributed by atoms with Crippen LogP contribution >= 0.6 is 0 Å². The van der Waals surface area contributed by atoms with Crippen LogP contribution in [0.4, 0.5) is 11.4 Å². The molecule has 2 amide bonds. The zero-order chi connectivity index (χ0) is 23.5. The van der Waals surface area contributed by atoms with Gasteiger partial charge in [-0.05, 0) is 42.1 Å². The topological polar surface area (TPSA) is 40.6 Å². The number of hydrogen-bond donors (Lipinski definition) is 0. The summed E-state index contributed by atoms with van der Waals surface area (Å²) in [6.07, 6.45) is 1.48. The summed E-state index contributed by atoms with van der Waals surface area (Å²) in [7, 11) is 0. The van der Waals surface area contributed by atoms with E-state index in [0.717, 1.165) is 0 Å². The molecule has 0 atom stereocenters. The van der Waals surface area contributed by atoms with Crippen molar-refractivity contribution in [3.8, 4) is 11.1 Å². The molecule has 24 heavy (non-hydrogen) atoms. The number of rotatable bonds is 3. The standard InChI is InChI=1S/C20H20N2O2/c23-19-8-4-10-21(19)17-12-16(15-6-2-1-3-7-15)13-18(14-17)22-11-5-9-20(22)24/h1-3,6-7,12-14H,4-5,8-11H2/i1D,2D,3D,6D,7D,12D,13D,14D. The second-order valence-corrected chi connectivity index (χ2v) is 5.75. The summed E-state index contributed by atoms with van der Waals surface area (Å²) >= 11 is 0. The van der Waals surface area contributed by atoms with Gasteiger partial charge in [-0.15, -0.1) is 0 Å². The maximum absolute atomic E-state index is 12.5. The number of benzene rings is 2. The zero-order valence-electron chi connectivity index (χ0n) is 21.0. The van der Waals surface area contributed by atoms with Crippen molar-refractivity contribution in [1.29, 1.82) is 0 Å². The van der Waals surface area contributed by atoms with Gasteiger partial charge in [-0.2, -0.15) is 0 Å². The fraction of sp³-hybridized carbons (Fsp3) is 0.300. The average Bonchev–Trinajstić information content (AvgIpc) is 3.36. The highest BCUT2D eigenvalue weighted by molar-refractivity contribution is 6.00. The molecule has 0 bridgehead atoms. The number of anilines is 2. The third kappa shape index (κ3) is 2.68. The fourth-order valence-electron chi connectivity index (χ4n) is 2.98. The quantitative estimate of drug-likeness (QED) is 0.863. The van der Waals surface area contributed by atoms with E-state index in [-0.39, 0.29) is 66.3 Å². The second kappa shape index (κ2) is 6.11. The second-order valence-electron chi connectivity index (χ2n) is 5.75. The Balaban J connectivity index is 2.13. The van der Waals surface area contributed by atoms with Crippen molar-refractivity contribution < 1.29 is 20.6 Å². The molecule has 2 aliphatic rings. The largest absolute Gasteiger partial charge is 0.312 e. The van der Waals surface area contributed by atoms with Crippen LogP contribution in [0.25, 0.3) is 11.1 Å². The highest BCUT2D eigenvalue weighted by atomic mass is 16.2. The lowest BCUT2D eigenvalue weighted by atomic mass is 10.0. The zero-order valence-corrected chi connectivity index (χ0v) is 13.0. The van der Waals surface area contributed by atoms with E-state index in [0.29, 0.717) is 12.8 Å². The SMILES string of the molecule is [2H]c1c([2H])c([2H])c(-c2c([2H])c(N3CCCC3=O)c([2H])c(N3CCCC3=O)c2[2H])c([2H])c1[2H]. The Kier molecular flexibility index (Phi) is 2.16. The van der Waals surface area contributed by atoms with Gasteiger partial charge in [0.05, 0.1) is 11.0 Å². The lowest BCUT2D eigenvalue weighted by molar-refractivity contribution is -0.117. The Hall–Kier alpha value is -2.62. The van der Waals surface area contributed by atoms with Crippen LogP contribution in [0.2, 0.25) is 0 Å². The Morgan fingerprint density at radius 1 is 0.750 bits per heavy atom. The van der Waals surface area contributed by atoms with Gasteiger partial charge in [0.1, 0.15) is 0 Å². The summed E-state index contributed by atoms with van der Waals surface area (Å²) in [6.45, 7) is 0.503. The Bertz CT molecular complexity index is 1100. The molecule has 0 spiro atoms. The maximum atomic E-state index is 12.5. The van der Waals surface area contributed by atoms with E-state index < -0.39 is 42.3 Å². The van der Waals surface area contributed by atoms with Gasteiger partial charge in [-0.3, -0.25) is 9.59 Å². The molecule has 122 valence electrons. The third-order valence-electron chi connectivity index (χ3n) is 4.16. The molecular weight excluding hydrogens is 300 g/mol. The molecule has 0 unspecified atom stereocenters. The Morgan fingerprint density at radius 2 is 1.29 bits per heavy atom. The minimum atomic E-state index is -0.618. The van der Waals surface area contributed by atoms with Crippen molar-refractivity contribution in [2.24, 2.45) is 0 Å². The van der Waals surface area contributed by atoms with Crippen molar-refractivity contribution in [2.75, 3.05) is 22.9 Å². The smallest absolute Gasteiger partial charge is 0.227 e. The molecule has 2 aromatic rings. The van der Waals surface area contributed by atoms with Crippen molar-refractivity contribution >= 4 is 23.2 Å². The van der Waals surface area contributed by atoms with Crippen LogP contribution in [-0.2, 0) is 9.59 Å². The Labute approximate surface area is 152 Å². The number of nitrogens with zero attached hydrogens (tertiary/aromatic N) is 2. The van der Waals surface area contributed by atoms with Crippen LogP contribution in [0.1, 0.15) is 36.6 Å². The van der Waals surface area contributed by atoms with E-state index in [1.165, 1.54) is 9.80 Å². The predicted molar refractivity (Wildman–Crippen MR) is 95.1 cm³/mol. The van der Waals surface area contributed by atoms with E-state index in [2.05, 4.69) is 0 Å². The fourth-order valence-corrected chi connectivity index (χ4v) is 2.98. The molecule has 2 fully saturated rings. The lowest BCUT2D eigenvalue weighted by Crippen LogP contribution is -2.26. The molecule has 2 aromatic carbocycles. The number of hydrogen-bond acceptors (Lipinski definition) is 2. The summed E-state index contributed by atoms with van der Waals surface area (Å²) in [5.41, 5.74) is -0.866. The van der Waals surface area contributed by atoms with Crippen LogP contribution in [0.5, 0.6) is 0 Å². The highest BCUT2D eigenvalue weighted by Gasteiger charge is 2.26. The summed E-state index contributed by atoms with van der Waals surface area (Å²) < 4.78 is 66.6. The van der Waals surface area contributed by atoms with E-state index in [1.807, 2.05) is 0 Å². The van der Waals surface area contributed by atoms with Crippen LogP contribution in [0.15, 0.2) is 48.3 Å². The summed E-state index contributed by atoms with van der Waals surface area (Å²) in [4.78, 5) is 27.5. The minimum absolute atomic E-state index is 0.111. The van der Waals surface area contributed by atoms with E-state index in [1.54, 1.807) is 0 Å². The van der Waals surface area contributed by atoms with Gasteiger partial charge in [0, 0.05) is 37.3 Å².